The fourth-order valence-corrected chi connectivity index (χ4v) is 5.02. The summed E-state index contributed by atoms with van der Waals surface area (Å²) in [6.45, 7) is 3.70. The lowest BCUT2D eigenvalue weighted by atomic mass is 9.97. The molecular formula is C29H25Cl2N3O2. The lowest BCUT2D eigenvalue weighted by Gasteiger charge is -2.40. The normalized spacial score (nSPS) is 14.4. The molecule has 0 saturated heterocycles. The van der Waals surface area contributed by atoms with Gasteiger partial charge in [-0.25, -0.2) is 0 Å². The summed E-state index contributed by atoms with van der Waals surface area (Å²) >= 11 is 12.2. The highest BCUT2D eigenvalue weighted by Crippen LogP contribution is 2.42. The minimum atomic E-state index is -0.335. The van der Waals surface area contributed by atoms with Gasteiger partial charge in [0.25, 0.3) is 5.91 Å². The molecule has 182 valence electrons. The number of carbonyl (C=O) groups is 2. The van der Waals surface area contributed by atoms with Crippen molar-refractivity contribution < 1.29 is 9.59 Å². The van der Waals surface area contributed by atoms with E-state index in [4.69, 9.17) is 23.2 Å². The summed E-state index contributed by atoms with van der Waals surface area (Å²) < 4.78 is 2.12. The van der Waals surface area contributed by atoms with Gasteiger partial charge in [0.15, 0.2) is 0 Å². The summed E-state index contributed by atoms with van der Waals surface area (Å²) in [5.41, 5.74) is 4.08. The third-order valence-corrected chi connectivity index (χ3v) is 7.20. The highest BCUT2D eigenvalue weighted by Gasteiger charge is 2.37. The lowest BCUT2D eigenvalue weighted by molar-refractivity contribution is -0.120. The molecule has 5 rings (SSSR count). The Morgan fingerprint density at radius 3 is 2.25 bits per heavy atom. The molecule has 36 heavy (non-hydrogen) atoms. The molecule has 3 aromatic carbocycles. The number of rotatable bonds is 5. The second-order valence-corrected chi connectivity index (χ2v) is 9.84. The molecule has 1 unspecified atom stereocenters. The predicted molar refractivity (Wildman–Crippen MR) is 144 cm³/mol. The molecule has 0 radical (unpaired) electrons. The highest BCUT2D eigenvalue weighted by atomic mass is 35.5. The van der Waals surface area contributed by atoms with Gasteiger partial charge in [-0.2, -0.15) is 0 Å². The van der Waals surface area contributed by atoms with Gasteiger partial charge in [-0.3, -0.25) is 14.5 Å². The minimum absolute atomic E-state index is 0.0882. The van der Waals surface area contributed by atoms with E-state index < -0.39 is 0 Å². The fraction of sp³-hybridized carbons (Fsp3) is 0.172. The van der Waals surface area contributed by atoms with Crippen LogP contribution in [0, 0.1) is 0 Å². The number of nitrogens with zero attached hydrogens (tertiary/aromatic N) is 3. The third-order valence-electron chi connectivity index (χ3n) is 6.46. The molecule has 4 aromatic rings. The summed E-state index contributed by atoms with van der Waals surface area (Å²) in [4.78, 5) is 31.0. The van der Waals surface area contributed by atoms with Crippen molar-refractivity contribution in [1.82, 2.24) is 9.47 Å². The van der Waals surface area contributed by atoms with Crippen molar-refractivity contribution in [3.05, 3.63) is 118 Å². The fourth-order valence-electron chi connectivity index (χ4n) is 4.72. The van der Waals surface area contributed by atoms with E-state index in [0.29, 0.717) is 15.6 Å². The van der Waals surface area contributed by atoms with Crippen LogP contribution in [-0.4, -0.2) is 33.9 Å². The van der Waals surface area contributed by atoms with Crippen LogP contribution in [0.2, 0.25) is 10.0 Å². The summed E-state index contributed by atoms with van der Waals surface area (Å²) in [5.74, 6) is -0.451. The molecule has 0 N–H and O–H groups in total. The van der Waals surface area contributed by atoms with E-state index >= 15 is 0 Å². The van der Waals surface area contributed by atoms with E-state index in [-0.39, 0.29) is 30.4 Å². The van der Waals surface area contributed by atoms with E-state index in [0.717, 1.165) is 22.6 Å². The van der Waals surface area contributed by atoms with Gasteiger partial charge < -0.3 is 9.47 Å². The molecule has 1 atom stereocenters. The van der Waals surface area contributed by atoms with Crippen molar-refractivity contribution in [1.29, 1.82) is 0 Å². The van der Waals surface area contributed by atoms with Gasteiger partial charge in [0.2, 0.25) is 5.91 Å². The Bertz CT molecular complexity index is 1430. The maximum Gasteiger partial charge on any atom is 0.254 e. The van der Waals surface area contributed by atoms with E-state index in [9.17, 15) is 9.59 Å². The minimum Gasteiger partial charge on any atom is -0.327 e. The maximum atomic E-state index is 14.1. The van der Waals surface area contributed by atoms with E-state index in [2.05, 4.69) is 4.57 Å². The van der Waals surface area contributed by atoms with Crippen LogP contribution >= 0.6 is 23.2 Å². The van der Waals surface area contributed by atoms with Crippen LogP contribution in [0.5, 0.6) is 0 Å². The SMILES string of the molecule is CC(C)N(CC(=O)N1c2ccccc2-n2cccc2C1c1ccccc1)C(=O)c1ccc(Cl)c(Cl)c1. The van der Waals surface area contributed by atoms with Crippen molar-refractivity contribution in [2.75, 3.05) is 11.4 Å². The Morgan fingerprint density at radius 2 is 1.56 bits per heavy atom. The third kappa shape index (κ3) is 4.29. The van der Waals surface area contributed by atoms with Gasteiger partial charge in [0.1, 0.15) is 12.6 Å². The number of fused-ring (bicyclic) bond motifs is 3. The molecule has 0 bridgehead atoms. The van der Waals surface area contributed by atoms with Crippen LogP contribution < -0.4 is 4.90 Å². The Hall–Kier alpha value is -3.54. The quantitative estimate of drug-likeness (QED) is 0.293. The number of hydrogen-bond acceptors (Lipinski definition) is 2. The van der Waals surface area contributed by atoms with Crippen LogP contribution in [0.4, 0.5) is 5.69 Å². The van der Waals surface area contributed by atoms with Crippen LogP contribution in [-0.2, 0) is 4.79 Å². The zero-order valence-corrected chi connectivity index (χ0v) is 21.4. The Balaban J connectivity index is 1.56. The molecule has 2 amide bonds. The van der Waals surface area contributed by atoms with Crippen molar-refractivity contribution in [3.63, 3.8) is 0 Å². The number of carbonyl (C=O) groups excluding carboxylic acids is 2. The van der Waals surface area contributed by atoms with E-state index in [1.165, 1.54) is 0 Å². The highest BCUT2D eigenvalue weighted by molar-refractivity contribution is 6.42. The molecule has 5 nitrogen and oxygen atoms in total. The van der Waals surface area contributed by atoms with Crippen molar-refractivity contribution in [2.45, 2.75) is 25.9 Å². The maximum absolute atomic E-state index is 14.1. The van der Waals surface area contributed by atoms with Crippen LogP contribution in [0.1, 0.15) is 41.5 Å². The number of hydrogen-bond donors (Lipinski definition) is 0. The number of benzene rings is 3. The van der Waals surface area contributed by atoms with Crippen molar-refractivity contribution in [2.24, 2.45) is 0 Å². The monoisotopic (exact) mass is 517 g/mol. The zero-order valence-electron chi connectivity index (χ0n) is 19.9. The van der Waals surface area contributed by atoms with Crippen LogP contribution in [0.15, 0.2) is 91.1 Å². The van der Waals surface area contributed by atoms with Crippen LogP contribution in [0.3, 0.4) is 0 Å². The molecule has 2 heterocycles. The first-order valence-corrected chi connectivity index (χ1v) is 12.5. The van der Waals surface area contributed by atoms with Gasteiger partial charge in [0.05, 0.1) is 27.1 Å². The average Bonchev–Trinajstić information content (AvgIpc) is 3.38. The van der Waals surface area contributed by atoms with Crippen LogP contribution in [0.25, 0.3) is 5.69 Å². The molecular weight excluding hydrogens is 493 g/mol. The van der Waals surface area contributed by atoms with E-state index in [1.54, 1.807) is 23.1 Å². The topological polar surface area (TPSA) is 45.6 Å². The van der Waals surface area contributed by atoms with Crippen molar-refractivity contribution >= 4 is 40.7 Å². The van der Waals surface area contributed by atoms with Gasteiger partial charge >= 0.3 is 0 Å². The van der Waals surface area contributed by atoms with E-state index in [1.807, 2.05) is 91.7 Å². The number of aromatic nitrogens is 1. The number of amides is 2. The molecule has 0 fully saturated rings. The molecule has 7 heteroatoms. The molecule has 0 aliphatic carbocycles. The molecule has 1 aliphatic heterocycles. The van der Waals surface area contributed by atoms with Gasteiger partial charge in [-0.05, 0) is 61.9 Å². The summed E-state index contributed by atoms with van der Waals surface area (Å²) in [6.07, 6.45) is 2.01. The second-order valence-electron chi connectivity index (χ2n) is 9.02. The Morgan fingerprint density at radius 1 is 0.861 bits per heavy atom. The Labute approximate surface area is 220 Å². The molecule has 0 spiro atoms. The lowest BCUT2D eigenvalue weighted by Crippen LogP contribution is -2.48. The second kappa shape index (κ2) is 9.84. The zero-order chi connectivity index (χ0) is 25.4. The standard InChI is InChI=1S/C29H25Cl2N3O2/c1-19(2)33(29(36)21-14-15-22(30)23(31)17-21)18-27(35)34-25-12-7-6-11-24(25)32-16-8-13-26(32)28(34)20-9-4-3-5-10-20/h3-17,19,28H,18H2,1-2H3. The van der Waals surface area contributed by atoms with Gasteiger partial charge in [0, 0.05) is 17.8 Å². The smallest absolute Gasteiger partial charge is 0.254 e. The van der Waals surface area contributed by atoms with Crippen molar-refractivity contribution in [3.8, 4) is 5.69 Å². The number of para-hydroxylation sites is 2. The van der Waals surface area contributed by atoms with Gasteiger partial charge in [-0.1, -0.05) is 65.7 Å². The first kappa shape index (κ1) is 24.2. The summed E-state index contributed by atoms with van der Waals surface area (Å²) in [6, 6.07) is 26.0. The van der Waals surface area contributed by atoms with Gasteiger partial charge in [-0.15, -0.1) is 0 Å². The average molecular weight is 518 g/mol. The molecule has 1 aliphatic rings. The summed E-state index contributed by atoms with van der Waals surface area (Å²) in [7, 11) is 0. The summed E-state index contributed by atoms with van der Waals surface area (Å²) in [5, 5.41) is 0.673. The first-order valence-electron chi connectivity index (χ1n) is 11.8. The number of anilines is 1. The largest absolute Gasteiger partial charge is 0.327 e. The number of halogens is 2. The molecule has 1 aromatic heterocycles. The predicted octanol–water partition coefficient (Wildman–Crippen LogP) is 6.77. The Kier molecular flexibility index (Phi) is 6.61. The molecule has 0 saturated carbocycles. The first-order chi connectivity index (χ1) is 17.4.